The van der Waals surface area contributed by atoms with Gasteiger partial charge in [-0.15, -0.1) is 0 Å². The zero-order valence-electron chi connectivity index (χ0n) is 14.2. The maximum Gasteiger partial charge on any atom is 0.404 e. The molecule has 1 N–H and O–H groups in total. The van der Waals surface area contributed by atoms with Crippen LogP contribution in [0.3, 0.4) is 0 Å². The average Bonchev–Trinajstić information content (AvgIpc) is 3.25. The summed E-state index contributed by atoms with van der Waals surface area (Å²) in [4.78, 5) is 18.0. The molecule has 5 nitrogen and oxygen atoms in total. The third-order valence-electron chi connectivity index (χ3n) is 4.79. The molecule has 1 saturated heterocycles. The molecule has 1 amide bonds. The van der Waals surface area contributed by atoms with Gasteiger partial charge in [0.2, 0.25) is 5.91 Å². The molecular formula is C18H21F3N4O. The number of imidazole rings is 1. The summed E-state index contributed by atoms with van der Waals surface area (Å²) in [5, 5.41) is 2.46. The Labute approximate surface area is 149 Å². The number of rotatable bonds is 6. The van der Waals surface area contributed by atoms with Gasteiger partial charge in [0.05, 0.1) is 6.33 Å². The van der Waals surface area contributed by atoms with Crippen LogP contribution in [0.4, 0.5) is 13.2 Å². The highest BCUT2D eigenvalue weighted by molar-refractivity contribution is 5.84. The van der Waals surface area contributed by atoms with Crippen molar-refractivity contribution in [1.82, 2.24) is 19.8 Å². The topological polar surface area (TPSA) is 50.2 Å². The second-order valence-corrected chi connectivity index (χ2v) is 6.58. The largest absolute Gasteiger partial charge is 0.404 e. The van der Waals surface area contributed by atoms with Crippen molar-refractivity contribution < 1.29 is 18.0 Å². The van der Waals surface area contributed by atoms with Crippen LogP contribution in [0.25, 0.3) is 0 Å². The smallest absolute Gasteiger partial charge is 0.353 e. The number of hydrogen-bond acceptors (Lipinski definition) is 3. The van der Waals surface area contributed by atoms with Gasteiger partial charge in [0.25, 0.3) is 0 Å². The fourth-order valence-corrected chi connectivity index (χ4v) is 3.30. The van der Waals surface area contributed by atoms with Gasteiger partial charge >= 0.3 is 6.18 Å². The standard InChI is InChI=1S/C18H21F3N4O/c19-18(20,21)17(16(26)23-8-11-24-10-7-22-14-24)6-9-25(13-17)12-15-4-2-1-3-5-15/h1-5,7,10,14H,6,8-9,11-13H2,(H,23,26). The first-order chi connectivity index (χ1) is 12.4. The normalized spacial score (nSPS) is 21.0. The molecule has 140 valence electrons. The molecule has 1 unspecified atom stereocenters. The quantitative estimate of drug-likeness (QED) is 0.855. The van der Waals surface area contributed by atoms with Crippen LogP contribution in [0.2, 0.25) is 0 Å². The van der Waals surface area contributed by atoms with Crippen LogP contribution in [-0.2, 0) is 17.9 Å². The molecule has 3 rings (SSSR count). The zero-order valence-corrected chi connectivity index (χ0v) is 14.2. The summed E-state index contributed by atoms with van der Waals surface area (Å²) in [7, 11) is 0. The lowest BCUT2D eigenvalue weighted by Crippen LogP contribution is -2.52. The van der Waals surface area contributed by atoms with Crippen LogP contribution in [0.1, 0.15) is 12.0 Å². The first kappa shape index (κ1) is 18.4. The molecule has 1 aliphatic heterocycles. The second kappa shape index (κ2) is 7.49. The lowest BCUT2D eigenvalue weighted by molar-refractivity contribution is -0.218. The summed E-state index contributed by atoms with van der Waals surface area (Å²) in [5.41, 5.74) is -1.41. The number of carbonyl (C=O) groups is 1. The highest BCUT2D eigenvalue weighted by Gasteiger charge is 2.62. The summed E-state index contributed by atoms with van der Waals surface area (Å²) in [6.45, 7) is 0.839. The summed E-state index contributed by atoms with van der Waals surface area (Å²) in [6.07, 6.45) is 0.0287. The number of aromatic nitrogens is 2. The van der Waals surface area contributed by atoms with Gasteiger partial charge in [-0.3, -0.25) is 9.69 Å². The highest BCUT2D eigenvalue weighted by atomic mass is 19.4. The van der Waals surface area contributed by atoms with Crippen molar-refractivity contribution in [3.05, 3.63) is 54.6 Å². The molecule has 0 radical (unpaired) electrons. The molecule has 26 heavy (non-hydrogen) atoms. The Balaban J connectivity index is 1.64. The molecule has 1 aromatic carbocycles. The van der Waals surface area contributed by atoms with Gasteiger partial charge in [-0.1, -0.05) is 30.3 Å². The second-order valence-electron chi connectivity index (χ2n) is 6.58. The van der Waals surface area contributed by atoms with Gasteiger partial charge in [0.15, 0.2) is 5.41 Å². The number of likely N-dealkylation sites (tertiary alicyclic amines) is 1. The van der Waals surface area contributed by atoms with E-state index in [0.717, 1.165) is 5.56 Å². The van der Waals surface area contributed by atoms with E-state index >= 15 is 0 Å². The van der Waals surface area contributed by atoms with Crippen LogP contribution in [0.5, 0.6) is 0 Å². The molecule has 1 aromatic heterocycles. The number of carbonyl (C=O) groups excluding carboxylic acids is 1. The molecule has 0 aliphatic carbocycles. The lowest BCUT2D eigenvalue weighted by atomic mass is 9.85. The number of alkyl halides is 3. The fourth-order valence-electron chi connectivity index (χ4n) is 3.30. The molecule has 1 atom stereocenters. The first-order valence-corrected chi connectivity index (χ1v) is 8.48. The van der Waals surface area contributed by atoms with Crippen molar-refractivity contribution in [3.63, 3.8) is 0 Å². The number of nitrogens with one attached hydrogen (secondary N) is 1. The summed E-state index contributed by atoms with van der Waals surface area (Å²) >= 11 is 0. The third kappa shape index (κ3) is 3.90. The molecule has 2 heterocycles. The Morgan fingerprint density at radius 1 is 1.27 bits per heavy atom. The van der Waals surface area contributed by atoms with E-state index in [9.17, 15) is 18.0 Å². The zero-order chi connectivity index (χ0) is 18.6. The van der Waals surface area contributed by atoms with Crippen LogP contribution in [0, 0.1) is 5.41 Å². The number of amides is 1. The van der Waals surface area contributed by atoms with Crippen molar-refractivity contribution >= 4 is 5.91 Å². The number of halogens is 3. The number of hydrogen-bond donors (Lipinski definition) is 1. The van der Waals surface area contributed by atoms with E-state index in [4.69, 9.17) is 0 Å². The predicted octanol–water partition coefficient (Wildman–Crippen LogP) is 2.45. The van der Waals surface area contributed by atoms with Gasteiger partial charge in [0, 0.05) is 38.6 Å². The molecule has 0 bridgehead atoms. The summed E-state index contributed by atoms with van der Waals surface area (Å²) in [6, 6.07) is 9.31. The van der Waals surface area contributed by atoms with E-state index in [1.807, 2.05) is 30.3 Å². The summed E-state index contributed by atoms with van der Waals surface area (Å²) in [5.74, 6) is -0.944. The molecule has 2 aromatic rings. The Hall–Kier alpha value is -2.35. The molecule has 8 heteroatoms. The Bertz CT molecular complexity index is 718. The van der Waals surface area contributed by atoms with E-state index in [1.165, 1.54) is 0 Å². The highest BCUT2D eigenvalue weighted by Crippen LogP contribution is 2.46. The number of benzene rings is 1. The van der Waals surface area contributed by atoms with Crippen LogP contribution < -0.4 is 5.32 Å². The van der Waals surface area contributed by atoms with Crippen LogP contribution >= 0.6 is 0 Å². The van der Waals surface area contributed by atoms with E-state index < -0.39 is 17.5 Å². The third-order valence-corrected chi connectivity index (χ3v) is 4.79. The summed E-state index contributed by atoms with van der Waals surface area (Å²) < 4.78 is 43.0. The van der Waals surface area contributed by atoms with Crippen molar-refractivity contribution in [2.45, 2.75) is 25.7 Å². The minimum atomic E-state index is -4.59. The Kier molecular flexibility index (Phi) is 5.31. The van der Waals surface area contributed by atoms with Gasteiger partial charge in [-0.25, -0.2) is 4.98 Å². The molecular weight excluding hydrogens is 345 g/mol. The van der Waals surface area contributed by atoms with E-state index in [0.29, 0.717) is 13.1 Å². The monoisotopic (exact) mass is 366 g/mol. The van der Waals surface area contributed by atoms with Crippen molar-refractivity contribution in [2.24, 2.45) is 5.41 Å². The van der Waals surface area contributed by atoms with E-state index in [-0.39, 0.29) is 26.1 Å². The maximum absolute atomic E-state index is 13.8. The number of nitrogens with zero attached hydrogens (tertiary/aromatic N) is 3. The van der Waals surface area contributed by atoms with Crippen molar-refractivity contribution in [3.8, 4) is 0 Å². The van der Waals surface area contributed by atoms with Crippen LogP contribution in [0.15, 0.2) is 49.1 Å². The SMILES string of the molecule is O=C(NCCn1ccnc1)C1(C(F)(F)F)CCN(Cc2ccccc2)C1. The fraction of sp³-hybridized carbons (Fsp3) is 0.444. The Morgan fingerprint density at radius 2 is 2.04 bits per heavy atom. The van der Waals surface area contributed by atoms with E-state index in [2.05, 4.69) is 10.3 Å². The van der Waals surface area contributed by atoms with E-state index in [1.54, 1.807) is 28.2 Å². The minimum absolute atomic E-state index is 0.131. The van der Waals surface area contributed by atoms with Crippen LogP contribution in [-0.4, -0.2) is 46.2 Å². The minimum Gasteiger partial charge on any atom is -0.353 e. The van der Waals surface area contributed by atoms with Gasteiger partial charge < -0.3 is 9.88 Å². The van der Waals surface area contributed by atoms with Crippen molar-refractivity contribution in [2.75, 3.05) is 19.6 Å². The molecule has 1 aliphatic rings. The van der Waals surface area contributed by atoms with Gasteiger partial charge in [0.1, 0.15) is 0 Å². The predicted molar refractivity (Wildman–Crippen MR) is 90.1 cm³/mol. The van der Waals surface area contributed by atoms with Crippen molar-refractivity contribution in [1.29, 1.82) is 0 Å². The average molecular weight is 366 g/mol. The van der Waals surface area contributed by atoms with Gasteiger partial charge in [-0.2, -0.15) is 13.2 Å². The molecule has 1 fully saturated rings. The Morgan fingerprint density at radius 3 is 2.69 bits per heavy atom. The molecule has 0 saturated carbocycles. The first-order valence-electron chi connectivity index (χ1n) is 8.48. The lowest BCUT2D eigenvalue weighted by Gasteiger charge is -2.30. The van der Waals surface area contributed by atoms with Gasteiger partial charge in [-0.05, 0) is 18.5 Å². The maximum atomic E-state index is 13.8. The molecule has 0 spiro atoms.